The van der Waals surface area contributed by atoms with E-state index in [0.29, 0.717) is 12.4 Å². The van der Waals surface area contributed by atoms with Crippen molar-refractivity contribution in [1.82, 2.24) is 4.90 Å². The first-order valence-corrected chi connectivity index (χ1v) is 5.16. The second-order valence-corrected chi connectivity index (χ2v) is 3.63. The average molecular weight is 223 g/mol. The molecule has 0 spiro atoms. The fourth-order valence-corrected chi connectivity index (χ4v) is 1.04. The van der Waals surface area contributed by atoms with Crippen molar-refractivity contribution in [1.29, 1.82) is 0 Å². The Morgan fingerprint density at radius 1 is 1.25 bits per heavy atom. The lowest BCUT2D eigenvalue weighted by molar-refractivity contribution is -0.146. The summed E-state index contributed by atoms with van der Waals surface area (Å²) in [5, 5.41) is 0. The van der Waals surface area contributed by atoms with Gasteiger partial charge < -0.3 is 14.4 Å². The van der Waals surface area contributed by atoms with Crippen molar-refractivity contribution in [2.24, 2.45) is 0 Å². The van der Waals surface area contributed by atoms with Crippen molar-refractivity contribution < 1.29 is 14.3 Å². The lowest BCUT2D eigenvalue weighted by Crippen LogP contribution is -2.22. The van der Waals surface area contributed by atoms with Crippen LogP contribution >= 0.6 is 0 Å². The van der Waals surface area contributed by atoms with Gasteiger partial charge in [0, 0.05) is 6.54 Å². The minimum Gasteiger partial charge on any atom is -0.482 e. The molecule has 0 aliphatic rings. The van der Waals surface area contributed by atoms with Crippen molar-refractivity contribution in [3.63, 3.8) is 0 Å². The van der Waals surface area contributed by atoms with Crippen molar-refractivity contribution in [3.05, 3.63) is 30.3 Å². The number of para-hydroxylation sites is 1. The Hall–Kier alpha value is -1.55. The number of likely N-dealkylation sites (N-methyl/N-ethyl adjacent to an activating group) is 1. The quantitative estimate of drug-likeness (QED) is 0.679. The molecule has 1 aromatic carbocycles. The molecule has 1 rings (SSSR count). The van der Waals surface area contributed by atoms with Crippen LogP contribution in [0.1, 0.15) is 0 Å². The van der Waals surface area contributed by atoms with E-state index in [1.807, 2.05) is 37.2 Å². The van der Waals surface area contributed by atoms with Crippen molar-refractivity contribution in [3.8, 4) is 5.75 Å². The fourth-order valence-electron chi connectivity index (χ4n) is 1.04. The van der Waals surface area contributed by atoms with E-state index >= 15 is 0 Å². The van der Waals surface area contributed by atoms with Gasteiger partial charge in [-0.1, -0.05) is 18.2 Å². The first-order valence-electron chi connectivity index (χ1n) is 5.16. The number of carbonyl (C=O) groups is 1. The summed E-state index contributed by atoms with van der Waals surface area (Å²) >= 11 is 0. The Morgan fingerprint density at radius 2 is 1.94 bits per heavy atom. The van der Waals surface area contributed by atoms with Gasteiger partial charge in [0.2, 0.25) is 0 Å². The normalized spacial score (nSPS) is 10.2. The standard InChI is InChI=1S/C12H17NO3/c1-13(2)8-9-15-12(14)10-16-11-6-4-3-5-7-11/h3-7H,8-10H2,1-2H3. The van der Waals surface area contributed by atoms with Crippen molar-refractivity contribution in [2.75, 3.05) is 33.9 Å². The number of rotatable bonds is 6. The molecule has 0 aliphatic carbocycles. The van der Waals surface area contributed by atoms with Crippen LogP contribution in [-0.2, 0) is 9.53 Å². The summed E-state index contributed by atoms with van der Waals surface area (Å²) in [6.07, 6.45) is 0. The number of carbonyl (C=O) groups excluding carboxylic acids is 1. The lowest BCUT2D eigenvalue weighted by Gasteiger charge is -2.10. The summed E-state index contributed by atoms with van der Waals surface area (Å²) in [7, 11) is 3.85. The highest BCUT2D eigenvalue weighted by molar-refractivity contribution is 5.71. The number of benzene rings is 1. The van der Waals surface area contributed by atoms with E-state index in [-0.39, 0.29) is 12.6 Å². The molecule has 0 radical (unpaired) electrons. The topological polar surface area (TPSA) is 38.8 Å². The summed E-state index contributed by atoms with van der Waals surface area (Å²) in [6.45, 7) is 1.07. The average Bonchev–Trinajstić information content (AvgIpc) is 2.27. The third-order valence-electron chi connectivity index (χ3n) is 1.90. The molecule has 0 saturated heterocycles. The molecule has 0 bridgehead atoms. The molecule has 0 heterocycles. The summed E-state index contributed by atoms with van der Waals surface area (Å²) in [5.41, 5.74) is 0. The smallest absolute Gasteiger partial charge is 0.344 e. The summed E-state index contributed by atoms with van der Waals surface area (Å²) in [5.74, 6) is 0.331. The third kappa shape index (κ3) is 5.36. The highest BCUT2D eigenvalue weighted by Crippen LogP contribution is 2.07. The van der Waals surface area contributed by atoms with E-state index < -0.39 is 0 Å². The molecular weight excluding hydrogens is 206 g/mol. The molecule has 0 aromatic heterocycles. The summed E-state index contributed by atoms with van der Waals surface area (Å²) < 4.78 is 10.2. The second-order valence-electron chi connectivity index (χ2n) is 3.63. The van der Waals surface area contributed by atoms with Crippen molar-refractivity contribution in [2.45, 2.75) is 0 Å². The molecule has 0 saturated carbocycles. The van der Waals surface area contributed by atoms with Gasteiger partial charge in [0.15, 0.2) is 6.61 Å². The highest BCUT2D eigenvalue weighted by atomic mass is 16.6. The Bertz CT molecular complexity index is 311. The van der Waals surface area contributed by atoms with Crippen LogP contribution in [0, 0.1) is 0 Å². The molecule has 0 aliphatic heterocycles. The molecular formula is C12H17NO3. The molecule has 0 atom stereocenters. The van der Waals surface area contributed by atoms with E-state index in [9.17, 15) is 4.79 Å². The van der Waals surface area contributed by atoms with Gasteiger partial charge in [-0.15, -0.1) is 0 Å². The summed E-state index contributed by atoms with van der Waals surface area (Å²) in [4.78, 5) is 13.2. The van der Waals surface area contributed by atoms with Gasteiger partial charge in [-0.2, -0.15) is 0 Å². The zero-order chi connectivity index (χ0) is 11.8. The maximum absolute atomic E-state index is 11.2. The van der Waals surface area contributed by atoms with E-state index in [0.717, 1.165) is 6.54 Å². The Kier molecular flexibility index (Phi) is 5.36. The molecule has 88 valence electrons. The molecule has 0 fully saturated rings. The van der Waals surface area contributed by atoms with Crippen molar-refractivity contribution >= 4 is 5.97 Å². The van der Waals surface area contributed by atoms with Crippen LogP contribution in [0.15, 0.2) is 30.3 Å². The minimum absolute atomic E-state index is 0.0442. The fraction of sp³-hybridized carbons (Fsp3) is 0.417. The zero-order valence-corrected chi connectivity index (χ0v) is 9.68. The largest absolute Gasteiger partial charge is 0.482 e. The van der Waals surface area contributed by atoms with Crippen LogP contribution < -0.4 is 4.74 Å². The predicted octanol–water partition coefficient (Wildman–Crippen LogP) is 1.17. The maximum atomic E-state index is 11.2. The Balaban J connectivity index is 2.16. The van der Waals surface area contributed by atoms with Crippen LogP contribution in [0.4, 0.5) is 0 Å². The maximum Gasteiger partial charge on any atom is 0.344 e. The second kappa shape index (κ2) is 6.85. The van der Waals surface area contributed by atoms with Crippen LogP contribution in [0.25, 0.3) is 0 Å². The van der Waals surface area contributed by atoms with Gasteiger partial charge >= 0.3 is 5.97 Å². The van der Waals surface area contributed by atoms with Gasteiger partial charge in [-0.05, 0) is 26.2 Å². The molecule has 0 unspecified atom stereocenters. The molecule has 16 heavy (non-hydrogen) atoms. The van der Waals surface area contributed by atoms with Gasteiger partial charge in [0.05, 0.1) is 0 Å². The first kappa shape index (κ1) is 12.5. The van der Waals surface area contributed by atoms with Gasteiger partial charge in [-0.25, -0.2) is 4.79 Å². The van der Waals surface area contributed by atoms with Gasteiger partial charge in [-0.3, -0.25) is 0 Å². The molecule has 4 heteroatoms. The van der Waals surface area contributed by atoms with E-state index in [2.05, 4.69) is 0 Å². The van der Waals surface area contributed by atoms with Gasteiger partial charge in [0.1, 0.15) is 12.4 Å². The zero-order valence-electron chi connectivity index (χ0n) is 9.68. The first-order chi connectivity index (χ1) is 7.68. The Labute approximate surface area is 95.8 Å². The summed E-state index contributed by atoms with van der Waals surface area (Å²) in [6, 6.07) is 9.20. The highest BCUT2D eigenvalue weighted by Gasteiger charge is 2.03. The van der Waals surface area contributed by atoms with E-state index in [1.165, 1.54) is 0 Å². The van der Waals surface area contributed by atoms with Crippen LogP contribution in [0.5, 0.6) is 5.75 Å². The minimum atomic E-state index is -0.342. The predicted molar refractivity (Wildman–Crippen MR) is 61.5 cm³/mol. The number of ether oxygens (including phenoxy) is 2. The van der Waals surface area contributed by atoms with Gasteiger partial charge in [0.25, 0.3) is 0 Å². The number of nitrogens with zero attached hydrogens (tertiary/aromatic N) is 1. The molecule has 4 nitrogen and oxygen atoms in total. The third-order valence-corrected chi connectivity index (χ3v) is 1.90. The van der Waals surface area contributed by atoms with Crippen LogP contribution in [0.2, 0.25) is 0 Å². The number of hydrogen-bond acceptors (Lipinski definition) is 4. The Morgan fingerprint density at radius 3 is 2.56 bits per heavy atom. The lowest BCUT2D eigenvalue weighted by atomic mass is 10.3. The van der Waals surface area contributed by atoms with Crippen LogP contribution in [-0.4, -0.2) is 44.7 Å². The molecule has 0 amide bonds. The number of esters is 1. The molecule has 0 N–H and O–H groups in total. The molecule has 1 aromatic rings. The van der Waals surface area contributed by atoms with E-state index in [1.54, 1.807) is 12.1 Å². The SMILES string of the molecule is CN(C)CCOC(=O)COc1ccccc1. The number of hydrogen-bond donors (Lipinski definition) is 0. The van der Waals surface area contributed by atoms with E-state index in [4.69, 9.17) is 9.47 Å². The monoisotopic (exact) mass is 223 g/mol. The van der Waals surface area contributed by atoms with Crippen LogP contribution in [0.3, 0.4) is 0 Å².